The van der Waals surface area contributed by atoms with E-state index in [1.165, 1.54) is 24.7 Å². The second-order valence-electron chi connectivity index (χ2n) is 3.96. The smallest absolute Gasteiger partial charge is 0.271 e. The van der Waals surface area contributed by atoms with E-state index in [0.29, 0.717) is 5.56 Å². The molecule has 0 fully saturated rings. The molecule has 6 heteroatoms. The Morgan fingerprint density at radius 3 is 2.68 bits per heavy atom. The maximum absolute atomic E-state index is 13.1. The molecule has 0 aliphatic rings. The van der Waals surface area contributed by atoms with E-state index in [-0.39, 0.29) is 5.69 Å². The van der Waals surface area contributed by atoms with Gasteiger partial charge in [-0.25, -0.2) is 13.8 Å². The molecule has 4 nitrogen and oxygen atoms in total. The molecule has 0 bridgehead atoms. The minimum absolute atomic E-state index is 0.164. The van der Waals surface area contributed by atoms with E-state index >= 15 is 0 Å². The third-order valence-electron chi connectivity index (χ3n) is 2.59. The van der Waals surface area contributed by atoms with Crippen LogP contribution in [0.3, 0.4) is 0 Å². The average molecular weight is 263 g/mol. The van der Waals surface area contributed by atoms with Gasteiger partial charge in [-0.3, -0.25) is 9.78 Å². The van der Waals surface area contributed by atoms with Crippen LogP contribution in [0.5, 0.6) is 0 Å². The molecule has 2 aromatic rings. The molecule has 98 valence electrons. The zero-order chi connectivity index (χ0) is 13.8. The maximum Gasteiger partial charge on any atom is 0.271 e. The summed E-state index contributed by atoms with van der Waals surface area (Å²) >= 11 is 0. The monoisotopic (exact) mass is 263 g/mol. The molecule has 0 saturated carbocycles. The number of nitrogens with zero attached hydrogens (tertiary/aromatic N) is 2. The van der Waals surface area contributed by atoms with Gasteiger partial charge < -0.3 is 5.32 Å². The number of carbonyl (C=O) groups excluding carboxylic acids is 1. The third-order valence-corrected chi connectivity index (χ3v) is 2.59. The van der Waals surface area contributed by atoms with E-state index in [2.05, 4.69) is 15.3 Å². The lowest BCUT2D eigenvalue weighted by Crippen LogP contribution is -2.27. The van der Waals surface area contributed by atoms with Gasteiger partial charge in [-0.05, 0) is 24.6 Å². The number of nitrogens with one attached hydrogen (secondary N) is 1. The third kappa shape index (κ3) is 3.09. The van der Waals surface area contributed by atoms with E-state index in [1.807, 2.05) is 0 Å². The highest BCUT2D eigenvalue weighted by Crippen LogP contribution is 2.16. The zero-order valence-electron chi connectivity index (χ0n) is 10.1. The fraction of sp³-hybridized carbons (Fsp3) is 0.154. The molecular formula is C13H11F2N3O. The number of amides is 1. The lowest BCUT2D eigenvalue weighted by atomic mass is 10.1. The number of rotatable bonds is 3. The molecule has 1 atom stereocenters. The molecule has 1 heterocycles. The van der Waals surface area contributed by atoms with Crippen LogP contribution in [0.2, 0.25) is 0 Å². The summed E-state index contributed by atoms with van der Waals surface area (Å²) < 4.78 is 25.9. The zero-order valence-corrected chi connectivity index (χ0v) is 10.1. The van der Waals surface area contributed by atoms with Crippen LogP contribution in [0.1, 0.15) is 29.0 Å². The van der Waals surface area contributed by atoms with Gasteiger partial charge in [0.1, 0.15) is 5.69 Å². The predicted molar refractivity (Wildman–Crippen MR) is 64.3 cm³/mol. The van der Waals surface area contributed by atoms with Crippen molar-refractivity contribution in [2.24, 2.45) is 0 Å². The lowest BCUT2D eigenvalue weighted by molar-refractivity contribution is 0.0934. The fourth-order valence-electron chi connectivity index (χ4n) is 1.55. The molecule has 0 aliphatic heterocycles. The molecule has 0 saturated heterocycles. The van der Waals surface area contributed by atoms with Gasteiger partial charge in [-0.1, -0.05) is 6.07 Å². The first-order valence-corrected chi connectivity index (χ1v) is 5.60. The molecule has 1 N–H and O–H groups in total. The van der Waals surface area contributed by atoms with Crippen molar-refractivity contribution in [1.82, 2.24) is 15.3 Å². The minimum Gasteiger partial charge on any atom is -0.344 e. The normalized spacial score (nSPS) is 11.9. The van der Waals surface area contributed by atoms with Crippen LogP contribution in [0, 0.1) is 11.6 Å². The summed E-state index contributed by atoms with van der Waals surface area (Å²) in [5, 5.41) is 2.63. The summed E-state index contributed by atoms with van der Waals surface area (Å²) in [7, 11) is 0. The van der Waals surface area contributed by atoms with Crippen molar-refractivity contribution in [3.63, 3.8) is 0 Å². The van der Waals surface area contributed by atoms with Crippen molar-refractivity contribution >= 4 is 5.91 Å². The van der Waals surface area contributed by atoms with Crippen molar-refractivity contribution in [3.8, 4) is 0 Å². The largest absolute Gasteiger partial charge is 0.344 e. The highest BCUT2D eigenvalue weighted by molar-refractivity contribution is 5.92. The molecule has 19 heavy (non-hydrogen) atoms. The van der Waals surface area contributed by atoms with Crippen LogP contribution < -0.4 is 5.32 Å². The first kappa shape index (κ1) is 13.1. The Bertz CT molecular complexity index is 590. The van der Waals surface area contributed by atoms with Gasteiger partial charge in [0.15, 0.2) is 11.6 Å². The topological polar surface area (TPSA) is 54.9 Å². The molecule has 1 amide bonds. The number of hydrogen-bond donors (Lipinski definition) is 1. The standard InChI is InChI=1S/C13H11F2N3O/c1-8(9-2-3-10(14)11(15)6-9)18-13(19)12-7-16-4-5-17-12/h2-8H,1H3,(H,18,19). The Morgan fingerprint density at radius 1 is 1.26 bits per heavy atom. The number of aromatic nitrogens is 2. The van der Waals surface area contributed by atoms with E-state index in [1.54, 1.807) is 6.92 Å². The van der Waals surface area contributed by atoms with Crippen molar-refractivity contribution in [2.75, 3.05) is 0 Å². The molecule has 0 aliphatic carbocycles. The second-order valence-corrected chi connectivity index (χ2v) is 3.96. The average Bonchev–Trinajstić information content (AvgIpc) is 2.42. The quantitative estimate of drug-likeness (QED) is 0.924. The van der Waals surface area contributed by atoms with Crippen molar-refractivity contribution < 1.29 is 13.6 Å². The Balaban J connectivity index is 2.10. The van der Waals surface area contributed by atoms with Crippen LogP contribution in [0.4, 0.5) is 8.78 Å². The Morgan fingerprint density at radius 2 is 2.05 bits per heavy atom. The summed E-state index contributed by atoms with van der Waals surface area (Å²) in [6.45, 7) is 1.67. The second kappa shape index (κ2) is 5.51. The number of halogens is 2. The summed E-state index contributed by atoms with van der Waals surface area (Å²) in [5.41, 5.74) is 0.632. The van der Waals surface area contributed by atoms with Crippen molar-refractivity contribution in [3.05, 3.63) is 59.7 Å². The molecule has 1 unspecified atom stereocenters. The van der Waals surface area contributed by atoms with E-state index in [4.69, 9.17) is 0 Å². The van der Waals surface area contributed by atoms with Crippen LogP contribution >= 0.6 is 0 Å². The van der Waals surface area contributed by atoms with Crippen molar-refractivity contribution in [2.45, 2.75) is 13.0 Å². The van der Waals surface area contributed by atoms with Gasteiger partial charge in [0, 0.05) is 12.4 Å². The first-order valence-electron chi connectivity index (χ1n) is 5.60. The summed E-state index contributed by atoms with van der Waals surface area (Å²) in [4.78, 5) is 19.4. The van der Waals surface area contributed by atoms with E-state index in [9.17, 15) is 13.6 Å². The summed E-state index contributed by atoms with van der Waals surface area (Å²) in [6.07, 6.45) is 4.18. The van der Waals surface area contributed by atoms with Crippen LogP contribution in [0.25, 0.3) is 0 Å². The van der Waals surface area contributed by atoms with Crippen molar-refractivity contribution in [1.29, 1.82) is 0 Å². The summed E-state index contributed by atoms with van der Waals surface area (Å²) in [6, 6.07) is 3.02. The highest BCUT2D eigenvalue weighted by atomic mass is 19.2. The molecule has 0 radical (unpaired) electrons. The molecule has 1 aromatic heterocycles. The number of benzene rings is 1. The fourth-order valence-corrected chi connectivity index (χ4v) is 1.55. The van der Waals surface area contributed by atoms with E-state index in [0.717, 1.165) is 12.1 Å². The van der Waals surface area contributed by atoms with Gasteiger partial charge in [0.2, 0.25) is 0 Å². The first-order chi connectivity index (χ1) is 9.08. The van der Waals surface area contributed by atoms with Gasteiger partial charge in [0.25, 0.3) is 5.91 Å². The summed E-state index contributed by atoms with van der Waals surface area (Å²) in [5.74, 6) is -2.29. The lowest BCUT2D eigenvalue weighted by Gasteiger charge is -2.14. The van der Waals surface area contributed by atoms with Gasteiger partial charge >= 0.3 is 0 Å². The van der Waals surface area contributed by atoms with Gasteiger partial charge in [0.05, 0.1) is 12.2 Å². The Hall–Kier alpha value is -2.37. The SMILES string of the molecule is CC(NC(=O)c1cnccn1)c1ccc(F)c(F)c1. The van der Waals surface area contributed by atoms with E-state index < -0.39 is 23.6 Å². The molecule has 0 spiro atoms. The maximum atomic E-state index is 13.1. The van der Waals surface area contributed by atoms with Crippen LogP contribution in [-0.4, -0.2) is 15.9 Å². The Kier molecular flexibility index (Phi) is 3.79. The van der Waals surface area contributed by atoms with Gasteiger partial charge in [-0.15, -0.1) is 0 Å². The molecule has 1 aromatic carbocycles. The molecular weight excluding hydrogens is 252 g/mol. The van der Waals surface area contributed by atoms with Crippen LogP contribution in [-0.2, 0) is 0 Å². The minimum atomic E-state index is -0.946. The Labute approximate surface area is 108 Å². The number of carbonyl (C=O) groups is 1. The number of hydrogen-bond acceptors (Lipinski definition) is 3. The highest BCUT2D eigenvalue weighted by Gasteiger charge is 2.14. The predicted octanol–water partition coefficient (Wildman–Crippen LogP) is 2.25. The van der Waals surface area contributed by atoms with Crippen LogP contribution in [0.15, 0.2) is 36.8 Å². The molecule has 2 rings (SSSR count). The van der Waals surface area contributed by atoms with Gasteiger partial charge in [-0.2, -0.15) is 0 Å².